The Hall–Kier alpha value is -9.11. The molecule has 4 aliphatic rings. The van der Waals surface area contributed by atoms with Crippen LogP contribution in [0.3, 0.4) is 0 Å². The first-order valence-corrected chi connectivity index (χ1v) is 34.2. The summed E-state index contributed by atoms with van der Waals surface area (Å²) < 4.78 is 128. The second kappa shape index (κ2) is 39.3. The molecule has 0 N–H and O–H groups in total. The zero-order valence-electron chi connectivity index (χ0n) is 59.5. The molecule has 0 aromatic heterocycles. The van der Waals surface area contributed by atoms with Crippen molar-refractivity contribution in [3.05, 3.63) is 179 Å². The highest BCUT2D eigenvalue weighted by Crippen LogP contribution is 2.41. The highest BCUT2D eigenvalue weighted by Gasteiger charge is 2.60. The molecule has 4 aliphatic heterocycles. The molecule has 0 amide bonds. The standard InChI is InChI=1S/C76H88O29/c1-43-61(89-36-53-27-17-11-18-28-53)63(57(39-86-35-52-25-15-10-16-26-52)99-73(43)91-38-55-31-21-13-22-32-55)104-76-71(103-72(85)56-33-23-14-24-34-56)66(105-75-70(98-51(9)84)68(96-49(7)82)65(94-47(5)80)60(102-75)41-88-45(3)78)62(90-37-54-29-19-12-20-30-54)58(101-76)42-92-74-69(97-50(8)83)67(95-48(6)81)64(93-46(4)79)59(100-74)40-87-44(2)77/h10-34,43,57-71,73-76H,35-42H2,1-9H3/t43?,57?,58?,59?,60-,61-,62+,63+,64+,65+,66-,67-,68?,69?,70?,71?,73+,74-,75+,76-/m0/s1. The van der Waals surface area contributed by atoms with E-state index in [1.807, 2.05) is 97.9 Å². The number of esters is 9. The molecule has 20 atom stereocenters. The molecule has 4 heterocycles. The summed E-state index contributed by atoms with van der Waals surface area (Å²) in [4.78, 5) is 120. The van der Waals surface area contributed by atoms with Crippen molar-refractivity contribution in [1.29, 1.82) is 0 Å². The van der Waals surface area contributed by atoms with Crippen LogP contribution in [0.4, 0.5) is 0 Å². The van der Waals surface area contributed by atoms with Gasteiger partial charge in [0.1, 0.15) is 55.9 Å². The molecule has 0 saturated carbocycles. The molecule has 566 valence electrons. The number of rotatable bonds is 32. The summed E-state index contributed by atoms with van der Waals surface area (Å²) in [5, 5.41) is 0. The van der Waals surface area contributed by atoms with Gasteiger partial charge in [0.05, 0.1) is 51.3 Å². The van der Waals surface area contributed by atoms with Gasteiger partial charge in [0, 0.05) is 61.3 Å². The fraction of sp³-hybridized carbons (Fsp3) is 0.487. The van der Waals surface area contributed by atoms with Gasteiger partial charge >= 0.3 is 53.7 Å². The number of hydrogen-bond acceptors (Lipinski definition) is 29. The van der Waals surface area contributed by atoms with Crippen LogP contribution in [0.1, 0.15) is 94.9 Å². The number of benzene rings is 5. The number of hydrogen-bond donors (Lipinski definition) is 0. The van der Waals surface area contributed by atoms with Gasteiger partial charge in [-0.05, 0) is 34.4 Å². The Balaban J connectivity index is 1.25. The van der Waals surface area contributed by atoms with Crippen LogP contribution < -0.4 is 0 Å². The fourth-order valence-electron chi connectivity index (χ4n) is 12.4. The molecule has 29 heteroatoms. The predicted octanol–water partition coefficient (Wildman–Crippen LogP) is 6.86. The molecule has 0 aliphatic carbocycles. The lowest BCUT2D eigenvalue weighted by molar-refractivity contribution is -0.387. The third-order valence-corrected chi connectivity index (χ3v) is 16.9. The number of carbonyl (C=O) groups excluding carboxylic acids is 9. The van der Waals surface area contributed by atoms with Gasteiger partial charge in [-0.3, -0.25) is 38.4 Å². The first-order chi connectivity index (χ1) is 50.5. The maximum Gasteiger partial charge on any atom is 0.338 e. The molecule has 105 heavy (non-hydrogen) atoms. The van der Waals surface area contributed by atoms with Crippen molar-refractivity contribution in [3.8, 4) is 0 Å². The Kier molecular flexibility index (Phi) is 29.9. The largest absolute Gasteiger partial charge is 0.463 e. The van der Waals surface area contributed by atoms with Crippen molar-refractivity contribution in [3.63, 3.8) is 0 Å². The molecule has 29 nitrogen and oxygen atoms in total. The van der Waals surface area contributed by atoms with E-state index in [1.54, 1.807) is 48.5 Å². The molecule has 8 unspecified atom stereocenters. The van der Waals surface area contributed by atoms with E-state index in [0.717, 1.165) is 72.1 Å². The third kappa shape index (κ3) is 23.4. The van der Waals surface area contributed by atoms with Crippen molar-refractivity contribution in [2.45, 2.75) is 205 Å². The molecular weight excluding hydrogens is 1380 g/mol. The Labute approximate surface area is 606 Å². The van der Waals surface area contributed by atoms with Crippen LogP contribution in [-0.2, 0) is 160 Å². The summed E-state index contributed by atoms with van der Waals surface area (Å²) in [5.74, 6) is -9.02. The first-order valence-electron chi connectivity index (χ1n) is 34.2. The van der Waals surface area contributed by atoms with E-state index in [1.165, 1.54) is 12.1 Å². The SMILES string of the molecule is CC(=O)OCC1O[C@H](OCC2O[C@@H](O[C@@H]3C(COCc4ccccc4)O[C@@H](OCc4ccccc4)C(C)[C@@H]3OCc3ccccc3)C(OC(=O)c3ccccc3)[C@@H](O[C@H]3O[C@@H](COC(C)=O)[C@@H](OC(C)=O)C(OC(C)=O)C3OC(C)=O)[C@@H]2OCc2ccccc2)C(OC(C)=O)[C@@H](OC(C)=O)[C@@H]1OC(C)=O. The van der Waals surface area contributed by atoms with Crippen LogP contribution in [-0.4, -0.2) is 197 Å². The molecule has 4 saturated heterocycles. The average Bonchev–Trinajstić information content (AvgIpc) is 0.766. The minimum absolute atomic E-state index is 0.00227. The highest BCUT2D eigenvalue weighted by atomic mass is 16.8. The number of carbonyl (C=O) groups is 9. The smallest absolute Gasteiger partial charge is 0.338 e. The van der Waals surface area contributed by atoms with Crippen LogP contribution >= 0.6 is 0 Å². The van der Waals surface area contributed by atoms with Gasteiger partial charge in [0.15, 0.2) is 67.9 Å². The van der Waals surface area contributed by atoms with Gasteiger partial charge in [-0.2, -0.15) is 0 Å². The molecule has 9 rings (SSSR count). The summed E-state index contributed by atoms with van der Waals surface area (Å²) in [5.41, 5.74) is 2.94. The van der Waals surface area contributed by atoms with E-state index in [0.29, 0.717) is 5.56 Å². The van der Waals surface area contributed by atoms with Crippen molar-refractivity contribution in [2.24, 2.45) is 5.92 Å². The third-order valence-electron chi connectivity index (χ3n) is 16.9. The molecule has 0 radical (unpaired) electrons. The molecule has 4 fully saturated rings. The summed E-state index contributed by atoms with van der Waals surface area (Å²) in [6.07, 6.45) is -31.3. The van der Waals surface area contributed by atoms with Crippen molar-refractivity contribution in [2.75, 3.05) is 26.4 Å². The summed E-state index contributed by atoms with van der Waals surface area (Å²) >= 11 is 0. The summed E-state index contributed by atoms with van der Waals surface area (Å²) in [6.45, 7) is 7.86. The van der Waals surface area contributed by atoms with E-state index in [9.17, 15) is 38.4 Å². The van der Waals surface area contributed by atoms with Crippen LogP contribution in [0.2, 0.25) is 0 Å². The van der Waals surface area contributed by atoms with E-state index in [4.69, 9.17) is 94.7 Å². The Morgan fingerprint density at radius 2 is 0.619 bits per heavy atom. The van der Waals surface area contributed by atoms with Crippen molar-refractivity contribution < 1.29 is 138 Å². The van der Waals surface area contributed by atoms with Crippen LogP contribution in [0, 0.1) is 5.92 Å². The van der Waals surface area contributed by atoms with Gasteiger partial charge in [-0.25, -0.2) is 4.79 Å². The fourth-order valence-corrected chi connectivity index (χ4v) is 12.4. The Bertz CT molecular complexity index is 3630. The van der Waals surface area contributed by atoms with Crippen LogP contribution in [0.5, 0.6) is 0 Å². The van der Waals surface area contributed by atoms with E-state index in [2.05, 4.69) is 0 Å². The Morgan fingerprint density at radius 1 is 0.286 bits per heavy atom. The maximum atomic E-state index is 15.3. The van der Waals surface area contributed by atoms with Gasteiger partial charge in [0.25, 0.3) is 0 Å². The highest BCUT2D eigenvalue weighted by molar-refractivity contribution is 5.89. The minimum Gasteiger partial charge on any atom is -0.463 e. The molecule has 0 spiro atoms. The monoisotopic (exact) mass is 1460 g/mol. The Morgan fingerprint density at radius 3 is 1.06 bits per heavy atom. The van der Waals surface area contributed by atoms with Gasteiger partial charge in [-0.1, -0.05) is 146 Å². The molecule has 0 bridgehead atoms. The van der Waals surface area contributed by atoms with E-state index >= 15 is 4.79 Å². The van der Waals surface area contributed by atoms with E-state index in [-0.39, 0.29) is 38.6 Å². The van der Waals surface area contributed by atoms with Gasteiger partial charge in [0.2, 0.25) is 0 Å². The number of ether oxygens (including phenoxy) is 20. The lowest BCUT2D eigenvalue weighted by atomic mass is 9.91. The summed E-state index contributed by atoms with van der Waals surface area (Å²) in [6, 6.07) is 44.5. The van der Waals surface area contributed by atoms with Crippen molar-refractivity contribution in [1.82, 2.24) is 0 Å². The lowest BCUT2D eigenvalue weighted by Gasteiger charge is -2.51. The zero-order valence-corrected chi connectivity index (χ0v) is 59.5. The molecule has 5 aromatic rings. The average molecular weight is 1470 g/mol. The summed E-state index contributed by atoms with van der Waals surface area (Å²) in [7, 11) is 0. The quantitative estimate of drug-likeness (QED) is 0.0313. The predicted molar refractivity (Wildman–Crippen MR) is 359 cm³/mol. The van der Waals surface area contributed by atoms with Gasteiger partial charge in [-0.15, -0.1) is 0 Å². The minimum atomic E-state index is -2.04. The molecule has 5 aromatic carbocycles. The zero-order chi connectivity index (χ0) is 75.1. The van der Waals surface area contributed by atoms with Gasteiger partial charge < -0.3 is 94.7 Å². The first kappa shape index (κ1) is 80.0. The topological polar surface area (TPSA) is 338 Å². The van der Waals surface area contributed by atoms with E-state index < -0.39 is 196 Å². The van der Waals surface area contributed by atoms with Crippen LogP contribution in [0.25, 0.3) is 0 Å². The normalized spacial score (nSPS) is 28.6. The lowest BCUT2D eigenvalue weighted by Crippen LogP contribution is -2.68. The maximum absolute atomic E-state index is 15.3. The second-order valence-corrected chi connectivity index (χ2v) is 25.2. The van der Waals surface area contributed by atoms with Crippen molar-refractivity contribution >= 4 is 53.7 Å². The second-order valence-electron chi connectivity index (χ2n) is 25.2. The van der Waals surface area contributed by atoms with Crippen LogP contribution in [0.15, 0.2) is 152 Å². The molecular formula is C76H88O29.